The number of rotatable bonds is 10. The van der Waals surface area contributed by atoms with Crippen molar-refractivity contribution in [2.24, 2.45) is 5.41 Å². The van der Waals surface area contributed by atoms with E-state index in [0.717, 1.165) is 18.4 Å². The third-order valence-corrected chi connectivity index (χ3v) is 8.63. The molecule has 1 fully saturated rings. The second-order valence-electron chi connectivity index (χ2n) is 8.60. The van der Waals surface area contributed by atoms with E-state index in [1.54, 1.807) is 26.0 Å². The van der Waals surface area contributed by atoms with Crippen molar-refractivity contribution < 1.29 is 33.1 Å². The Morgan fingerprint density at radius 1 is 1.18 bits per heavy atom. The highest BCUT2D eigenvalue weighted by Crippen LogP contribution is 2.56. The highest BCUT2D eigenvalue weighted by molar-refractivity contribution is 7.53. The Balaban J connectivity index is 1.84. The molecule has 3 rings (SSSR count). The van der Waals surface area contributed by atoms with Crippen LogP contribution in [-0.2, 0) is 34.4 Å². The standard InChI is InChI=1S/C23H33N2O7P/c1-3-31-33(30,32-4-2)16-23(13-7-8-14-23)22(29)24-18-12-11-17-9-5-6-10-19(17)25(21(18)28)15-20(26)27/h5-6,9-10,18H,3-4,7-8,11-16H2,1-2H3,(H,24,29)(H,26,27). The minimum absolute atomic E-state index is 0.0342. The molecule has 1 aliphatic heterocycles. The lowest BCUT2D eigenvalue weighted by Crippen LogP contribution is -2.53. The van der Waals surface area contributed by atoms with Crippen LogP contribution in [0.4, 0.5) is 5.69 Å². The van der Waals surface area contributed by atoms with Crippen molar-refractivity contribution in [3.05, 3.63) is 29.8 Å². The highest BCUT2D eigenvalue weighted by atomic mass is 31.2. The van der Waals surface area contributed by atoms with Crippen molar-refractivity contribution >= 4 is 31.1 Å². The molecule has 2 N–H and O–H groups in total. The van der Waals surface area contributed by atoms with Gasteiger partial charge in [-0.2, -0.15) is 0 Å². The average molecular weight is 480 g/mol. The van der Waals surface area contributed by atoms with Gasteiger partial charge < -0.3 is 19.5 Å². The van der Waals surface area contributed by atoms with Gasteiger partial charge in [0.15, 0.2) is 0 Å². The first-order valence-electron chi connectivity index (χ1n) is 11.5. The van der Waals surface area contributed by atoms with Crippen LogP contribution in [0.2, 0.25) is 0 Å². The van der Waals surface area contributed by atoms with Crippen LogP contribution in [0.25, 0.3) is 0 Å². The highest BCUT2D eigenvalue weighted by Gasteiger charge is 2.48. The zero-order chi connectivity index (χ0) is 24.1. The summed E-state index contributed by atoms with van der Waals surface area (Å²) in [4.78, 5) is 39.6. The lowest BCUT2D eigenvalue weighted by Gasteiger charge is -2.33. The van der Waals surface area contributed by atoms with Gasteiger partial charge in [-0.05, 0) is 51.2 Å². The molecule has 0 saturated heterocycles. The third kappa shape index (κ3) is 5.83. The maximum absolute atomic E-state index is 13.6. The molecule has 9 nitrogen and oxygen atoms in total. The number of nitrogens with zero attached hydrogens (tertiary/aromatic N) is 1. The van der Waals surface area contributed by atoms with E-state index in [4.69, 9.17) is 9.05 Å². The predicted octanol–water partition coefficient (Wildman–Crippen LogP) is 3.36. The fourth-order valence-corrected chi connectivity index (χ4v) is 7.11. The van der Waals surface area contributed by atoms with E-state index in [0.29, 0.717) is 31.4 Å². The van der Waals surface area contributed by atoms with Gasteiger partial charge in [0, 0.05) is 5.69 Å². The van der Waals surface area contributed by atoms with Gasteiger partial charge in [0.25, 0.3) is 0 Å². The van der Waals surface area contributed by atoms with Crippen LogP contribution in [0.3, 0.4) is 0 Å². The van der Waals surface area contributed by atoms with Crippen molar-refractivity contribution in [2.75, 3.05) is 30.8 Å². The number of carboxylic acid groups (broad SMARTS) is 1. The van der Waals surface area contributed by atoms with Crippen LogP contribution in [0, 0.1) is 5.41 Å². The maximum Gasteiger partial charge on any atom is 0.331 e. The fourth-order valence-electron chi connectivity index (χ4n) is 4.86. The Morgan fingerprint density at radius 2 is 1.82 bits per heavy atom. The fraction of sp³-hybridized carbons (Fsp3) is 0.609. The Kier molecular flexibility index (Phi) is 8.32. The number of nitrogens with one attached hydrogen (secondary N) is 1. The second-order valence-corrected chi connectivity index (χ2v) is 10.7. The number of hydrogen-bond acceptors (Lipinski definition) is 6. The van der Waals surface area contributed by atoms with Gasteiger partial charge >= 0.3 is 13.6 Å². The third-order valence-electron chi connectivity index (χ3n) is 6.34. The van der Waals surface area contributed by atoms with E-state index in [2.05, 4.69) is 5.32 Å². The molecule has 1 atom stereocenters. The summed E-state index contributed by atoms with van der Waals surface area (Å²) in [5.41, 5.74) is 0.461. The molecule has 1 aromatic carbocycles. The molecule has 1 heterocycles. The molecule has 2 aliphatic rings. The Labute approximate surface area is 194 Å². The smallest absolute Gasteiger partial charge is 0.331 e. The summed E-state index contributed by atoms with van der Waals surface area (Å²) in [7, 11) is -3.48. The number of carbonyl (C=O) groups is 3. The molecule has 33 heavy (non-hydrogen) atoms. The molecular weight excluding hydrogens is 447 g/mol. The first-order chi connectivity index (χ1) is 15.7. The van der Waals surface area contributed by atoms with E-state index >= 15 is 0 Å². The number of hydrogen-bond donors (Lipinski definition) is 2. The number of benzene rings is 1. The van der Waals surface area contributed by atoms with Crippen LogP contribution in [0.15, 0.2) is 24.3 Å². The van der Waals surface area contributed by atoms with Gasteiger partial charge in [0.2, 0.25) is 11.8 Å². The molecule has 0 bridgehead atoms. The summed E-state index contributed by atoms with van der Waals surface area (Å²) in [6, 6.07) is 6.31. The molecule has 0 aromatic heterocycles. The van der Waals surface area contributed by atoms with Crippen LogP contribution in [-0.4, -0.2) is 54.9 Å². The Bertz CT molecular complexity index is 919. The molecule has 10 heteroatoms. The first-order valence-corrected chi connectivity index (χ1v) is 13.3. The number of para-hydroxylation sites is 1. The van der Waals surface area contributed by atoms with E-state index in [9.17, 15) is 24.1 Å². The first kappa shape index (κ1) is 25.4. The average Bonchev–Trinajstić information content (AvgIpc) is 3.19. The number of aryl methyl sites for hydroxylation is 1. The minimum atomic E-state index is -3.48. The van der Waals surface area contributed by atoms with Crippen molar-refractivity contribution in [2.45, 2.75) is 58.4 Å². The Hall–Kier alpha value is -2.22. The zero-order valence-electron chi connectivity index (χ0n) is 19.2. The summed E-state index contributed by atoms with van der Waals surface area (Å²) < 4.78 is 24.2. The van der Waals surface area contributed by atoms with Crippen LogP contribution in [0.5, 0.6) is 0 Å². The van der Waals surface area contributed by atoms with Crippen LogP contribution in [0.1, 0.15) is 51.5 Å². The summed E-state index contributed by atoms with van der Waals surface area (Å²) in [5, 5.41) is 12.3. The topological polar surface area (TPSA) is 122 Å². The second kappa shape index (κ2) is 10.8. The van der Waals surface area contributed by atoms with Crippen LogP contribution >= 0.6 is 7.60 Å². The summed E-state index contributed by atoms with van der Waals surface area (Å²) in [5.74, 6) is -1.94. The van der Waals surface area contributed by atoms with Gasteiger partial charge in [0.1, 0.15) is 12.6 Å². The largest absolute Gasteiger partial charge is 0.480 e. The summed E-state index contributed by atoms with van der Waals surface area (Å²) in [6.45, 7) is 3.38. The van der Waals surface area contributed by atoms with Crippen molar-refractivity contribution in [1.29, 1.82) is 0 Å². The number of fused-ring (bicyclic) bond motifs is 1. The van der Waals surface area contributed by atoms with Crippen molar-refractivity contribution in [1.82, 2.24) is 5.32 Å². The molecule has 1 aromatic rings. The molecule has 1 aliphatic carbocycles. The van der Waals surface area contributed by atoms with Gasteiger partial charge in [-0.1, -0.05) is 31.0 Å². The molecule has 2 amide bonds. The van der Waals surface area contributed by atoms with E-state index < -0.39 is 37.5 Å². The van der Waals surface area contributed by atoms with E-state index in [1.165, 1.54) is 4.90 Å². The van der Waals surface area contributed by atoms with Crippen molar-refractivity contribution in [3.8, 4) is 0 Å². The normalized spacial score (nSPS) is 20.2. The maximum atomic E-state index is 13.6. The predicted molar refractivity (Wildman–Crippen MR) is 123 cm³/mol. The number of carbonyl (C=O) groups excluding carboxylic acids is 2. The molecule has 182 valence electrons. The lowest BCUT2D eigenvalue weighted by molar-refractivity contribution is -0.137. The molecule has 0 radical (unpaired) electrons. The monoisotopic (exact) mass is 480 g/mol. The zero-order valence-corrected chi connectivity index (χ0v) is 20.1. The number of carboxylic acids is 1. The molecule has 0 spiro atoms. The lowest BCUT2D eigenvalue weighted by atomic mass is 9.87. The van der Waals surface area contributed by atoms with Crippen LogP contribution < -0.4 is 10.2 Å². The SMILES string of the molecule is CCOP(=O)(CC1(C(=O)NC2CCc3ccccc3N(CC(=O)O)C2=O)CCCC1)OCC. The van der Waals surface area contributed by atoms with E-state index in [1.807, 2.05) is 12.1 Å². The summed E-state index contributed by atoms with van der Waals surface area (Å²) in [6.07, 6.45) is 3.51. The molecule has 1 saturated carbocycles. The number of anilines is 1. The van der Waals surface area contributed by atoms with E-state index in [-0.39, 0.29) is 25.3 Å². The summed E-state index contributed by atoms with van der Waals surface area (Å²) >= 11 is 0. The van der Waals surface area contributed by atoms with Gasteiger partial charge in [-0.25, -0.2) is 0 Å². The molecule has 1 unspecified atom stereocenters. The van der Waals surface area contributed by atoms with Gasteiger partial charge in [-0.15, -0.1) is 0 Å². The Morgan fingerprint density at radius 3 is 2.42 bits per heavy atom. The van der Waals surface area contributed by atoms with Crippen molar-refractivity contribution in [3.63, 3.8) is 0 Å². The van der Waals surface area contributed by atoms with Gasteiger partial charge in [0.05, 0.1) is 24.8 Å². The van der Waals surface area contributed by atoms with Gasteiger partial charge in [-0.3, -0.25) is 23.8 Å². The molecular formula is C23H33N2O7P. The minimum Gasteiger partial charge on any atom is -0.480 e. The number of amides is 2. The quantitative estimate of drug-likeness (QED) is 0.493. The number of aliphatic carboxylic acids is 1.